The lowest BCUT2D eigenvalue weighted by Gasteiger charge is -2.36. The van der Waals surface area contributed by atoms with Gasteiger partial charge in [-0.25, -0.2) is 9.18 Å². The topological polar surface area (TPSA) is 40.5 Å². The van der Waals surface area contributed by atoms with E-state index in [9.17, 15) is 14.3 Å². The van der Waals surface area contributed by atoms with Crippen molar-refractivity contribution in [3.8, 4) is 0 Å². The summed E-state index contributed by atoms with van der Waals surface area (Å²) in [4.78, 5) is 14.1. The Morgan fingerprint density at radius 1 is 1.28 bits per heavy atom. The molecule has 5 atom stereocenters. The number of rotatable bonds is 8. The fourth-order valence-corrected chi connectivity index (χ4v) is 6.72. The van der Waals surface area contributed by atoms with Crippen molar-refractivity contribution >= 4 is 17.7 Å². The van der Waals surface area contributed by atoms with Crippen molar-refractivity contribution in [2.75, 3.05) is 12.3 Å². The standard InChI is InChI=1S/C24H30FNO2S/c1-16(18-6-8-21(25)9-7-18)10-12-29-23-22(24(27)28)3-2-11-26(23)15-20-14-17-4-5-19(20)13-17/h2-3,6-9,11,16-17,19-20,23H,4-5,10,12-15H2,1H3,(H,27,28). The summed E-state index contributed by atoms with van der Waals surface area (Å²) in [6.07, 6.45) is 12.1. The van der Waals surface area contributed by atoms with Crippen LogP contribution in [-0.4, -0.2) is 33.6 Å². The van der Waals surface area contributed by atoms with Crippen LogP contribution in [0.3, 0.4) is 0 Å². The number of fused-ring (bicyclic) bond motifs is 2. The van der Waals surface area contributed by atoms with Gasteiger partial charge >= 0.3 is 5.97 Å². The monoisotopic (exact) mass is 415 g/mol. The summed E-state index contributed by atoms with van der Waals surface area (Å²) in [5.41, 5.74) is 1.61. The zero-order valence-corrected chi connectivity index (χ0v) is 17.8. The first-order valence-electron chi connectivity index (χ1n) is 10.8. The van der Waals surface area contributed by atoms with Crippen LogP contribution in [0.25, 0.3) is 0 Å². The average molecular weight is 416 g/mol. The van der Waals surface area contributed by atoms with E-state index in [1.807, 2.05) is 18.2 Å². The zero-order chi connectivity index (χ0) is 20.4. The van der Waals surface area contributed by atoms with Crippen molar-refractivity contribution in [2.24, 2.45) is 17.8 Å². The third kappa shape index (κ3) is 4.71. The Balaban J connectivity index is 1.37. The summed E-state index contributed by atoms with van der Waals surface area (Å²) in [5, 5.41) is 9.60. The number of nitrogens with zero attached hydrogens (tertiary/aromatic N) is 1. The molecule has 2 bridgehead atoms. The molecule has 2 fully saturated rings. The van der Waals surface area contributed by atoms with Gasteiger partial charge in [0.2, 0.25) is 0 Å². The van der Waals surface area contributed by atoms with Crippen LogP contribution >= 0.6 is 11.8 Å². The van der Waals surface area contributed by atoms with Crippen LogP contribution in [0.5, 0.6) is 0 Å². The Kier molecular flexibility index (Phi) is 6.33. The van der Waals surface area contributed by atoms with Gasteiger partial charge in [-0.05, 0) is 85.0 Å². The second-order valence-electron chi connectivity index (χ2n) is 8.86. The van der Waals surface area contributed by atoms with Gasteiger partial charge in [-0.15, -0.1) is 11.8 Å². The van der Waals surface area contributed by atoms with Crippen molar-refractivity contribution in [3.63, 3.8) is 0 Å². The van der Waals surface area contributed by atoms with Crippen LogP contribution in [0.4, 0.5) is 4.39 Å². The van der Waals surface area contributed by atoms with Crippen LogP contribution in [-0.2, 0) is 4.79 Å². The van der Waals surface area contributed by atoms with E-state index in [0.29, 0.717) is 17.4 Å². The van der Waals surface area contributed by atoms with Crippen LogP contribution < -0.4 is 0 Å². The quantitative estimate of drug-likeness (QED) is 0.595. The van der Waals surface area contributed by atoms with Gasteiger partial charge in [-0.2, -0.15) is 0 Å². The highest BCUT2D eigenvalue weighted by molar-refractivity contribution is 8.00. The number of halogens is 1. The molecule has 29 heavy (non-hydrogen) atoms. The summed E-state index contributed by atoms with van der Waals surface area (Å²) >= 11 is 1.72. The molecule has 1 aromatic rings. The predicted molar refractivity (Wildman–Crippen MR) is 116 cm³/mol. The number of allylic oxidation sites excluding steroid dienone is 2. The largest absolute Gasteiger partial charge is 0.478 e. The molecular formula is C24H30FNO2S. The molecule has 0 aromatic heterocycles. The number of carboxylic acids is 1. The van der Waals surface area contributed by atoms with E-state index in [1.165, 1.54) is 37.8 Å². The van der Waals surface area contributed by atoms with E-state index < -0.39 is 5.97 Å². The number of hydrogen-bond acceptors (Lipinski definition) is 3. The van der Waals surface area contributed by atoms with Crippen molar-refractivity contribution in [1.82, 2.24) is 4.90 Å². The molecule has 5 heteroatoms. The third-order valence-corrected chi connectivity index (χ3v) is 8.27. The predicted octanol–water partition coefficient (Wildman–Crippen LogP) is 5.66. The molecular weight excluding hydrogens is 385 g/mol. The lowest BCUT2D eigenvalue weighted by molar-refractivity contribution is -0.133. The highest BCUT2D eigenvalue weighted by Gasteiger charge is 2.41. The molecule has 3 aliphatic rings. The minimum absolute atomic E-state index is 0.128. The van der Waals surface area contributed by atoms with Crippen LogP contribution in [0.15, 0.2) is 48.2 Å². The number of aliphatic carboxylic acids is 1. The van der Waals surface area contributed by atoms with E-state index in [2.05, 4.69) is 18.0 Å². The molecule has 0 saturated heterocycles. The Morgan fingerprint density at radius 3 is 2.72 bits per heavy atom. The molecule has 5 unspecified atom stereocenters. The molecule has 1 heterocycles. The normalized spacial score (nSPS) is 29.2. The third-order valence-electron chi connectivity index (χ3n) is 6.96. The van der Waals surface area contributed by atoms with E-state index in [1.54, 1.807) is 17.8 Å². The molecule has 0 spiro atoms. The van der Waals surface area contributed by atoms with Gasteiger partial charge in [0.1, 0.15) is 11.2 Å². The van der Waals surface area contributed by atoms with E-state index >= 15 is 0 Å². The van der Waals surface area contributed by atoms with Gasteiger partial charge in [0.05, 0.1) is 5.57 Å². The first kappa shape index (κ1) is 20.5. The molecule has 0 amide bonds. The van der Waals surface area contributed by atoms with Crippen LogP contribution in [0, 0.1) is 23.6 Å². The second-order valence-corrected chi connectivity index (χ2v) is 10.1. The molecule has 2 saturated carbocycles. The van der Waals surface area contributed by atoms with Gasteiger partial charge in [0.15, 0.2) is 0 Å². The lowest BCUT2D eigenvalue weighted by Crippen LogP contribution is -2.39. The van der Waals surface area contributed by atoms with Crippen molar-refractivity contribution in [2.45, 2.75) is 50.3 Å². The first-order valence-corrected chi connectivity index (χ1v) is 11.8. The SMILES string of the molecule is CC(CCSC1C(C(=O)O)=CC=CN1CC1CC2CCC1C2)c1ccc(F)cc1. The molecule has 1 aliphatic heterocycles. The minimum Gasteiger partial charge on any atom is -0.478 e. The maximum Gasteiger partial charge on any atom is 0.334 e. The molecule has 2 aliphatic carbocycles. The van der Waals surface area contributed by atoms with Gasteiger partial charge in [0, 0.05) is 12.7 Å². The highest BCUT2D eigenvalue weighted by Crippen LogP contribution is 2.49. The number of thioether (sulfide) groups is 1. The Morgan fingerprint density at radius 2 is 2.07 bits per heavy atom. The van der Waals surface area contributed by atoms with Gasteiger partial charge in [0.25, 0.3) is 0 Å². The zero-order valence-electron chi connectivity index (χ0n) is 17.0. The Bertz CT molecular complexity index is 791. The molecule has 156 valence electrons. The molecule has 0 radical (unpaired) electrons. The summed E-state index contributed by atoms with van der Waals surface area (Å²) in [7, 11) is 0. The summed E-state index contributed by atoms with van der Waals surface area (Å²) in [6, 6.07) is 6.70. The second kappa shape index (κ2) is 8.95. The van der Waals surface area contributed by atoms with Gasteiger partial charge in [-0.3, -0.25) is 0 Å². The fourth-order valence-electron chi connectivity index (χ4n) is 5.30. The van der Waals surface area contributed by atoms with E-state index in [0.717, 1.165) is 36.1 Å². The van der Waals surface area contributed by atoms with Crippen molar-refractivity contribution < 1.29 is 14.3 Å². The van der Waals surface area contributed by atoms with Crippen molar-refractivity contribution in [1.29, 1.82) is 0 Å². The Labute approximate surface area is 177 Å². The maximum absolute atomic E-state index is 13.2. The number of benzene rings is 1. The number of carboxylic acid groups (broad SMARTS) is 1. The summed E-state index contributed by atoms with van der Waals surface area (Å²) in [6.45, 7) is 3.11. The van der Waals surface area contributed by atoms with Crippen LogP contribution in [0.1, 0.15) is 50.5 Å². The lowest BCUT2D eigenvalue weighted by atomic mass is 9.88. The number of carbonyl (C=O) groups is 1. The van der Waals surface area contributed by atoms with Crippen molar-refractivity contribution in [3.05, 3.63) is 59.6 Å². The van der Waals surface area contributed by atoms with E-state index in [4.69, 9.17) is 0 Å². The smallest absolute Gasteiger partial charge is 0.334 e. The summed E-state index contributed by atoms with van der Waals surface area (Å²) < 4.78 is 13.2. The average Bonchev–Trinajstić information content (AvgIpc) is 3.32. The van der Waals surface area contributed by atoms with Gasteiger partial charge in [-0.1, -0.05) is 25.5 Å². The van der Waals surface area contributed by atoms with Gasteiger partial charge < -0.3 is 10.0 Å². The van der Waals surface area contributed by atoms with Crippen LogP contribution in [0.2, 0.25) is 0 Å². The highest BCUT2D eigenvalue weighted by atomic mass is 32.2. The summed E-state index contributed by atoms with van der Waals surface area (Å²) in [5.74, 6) is 2.58. The van der Waals surface area contributed by atoms with E-state index in [-0.39, 0.29) is 11.2 Å². The molecule has 3 nitrogen and oxygen atoms in total. The molecule has 4 rings (SSSR count). The fraction of sp³-hybridized carbons (Fsp3) is 0.542. The Hall–Kier alpha value is -1.75. The minimum atomic E-state index is -0.823. The molecule has 1 N–H and O–H groups in total. The molecule has 1 aromatic carbocycles. The first-order chi connectivity index (χ1) is 14.0. The maximum atomic E-state index is 13.2. The number of hydrogen-bond donors (Lipinski definition) is 1.